The minimum atomic E-state index is -0.652. The highest BCUT2D eigenvalue weighted by Crippen LogP contribution is 2.29. The van der Waals surface area contributed by atoms with E-state index in [9.17, 15) is 14.0 Å². The van der Waals surface area contributed by atoms with Crippen molar-refractivity contribution in [3.8, 4) is 11.5 Å². The Labute approximate surface area is 157 Å². The van der Waals surface area contributed by atoms with Gasteiger partial charge in [-0.2, -0.15) is 0 Å². The minimum absolute atomic E-state index is 0.0403. The van der Waals surface area contributed by atoms with Crippen LogP contribution in [0.4, 0.5) is 4.39 Å². The fraction of sp³-hybridized carbons (Fsp3) is 0.300. The third-order valence-corrected chi connectivity index (χ3v) is 3.50. The van der Waals surface area contributed by atoms with Gasteiger partial charge in [0.25, 0.3) is 5.91 Å². The van der Waals surface area contributed by atoms with Crippen LogP contribution in [-0.2, 0) is 16.1 Å². The van der Waals surface area contributed by atoms with Crippen molar-refractivity contribution in [1.29, 1.82) is 0 Å². The van der Waals surface area contributed by atoms with Crippen molar-refractivity contribution in [1.82, 2.24) is 5.32 Å². The number of hydrogen-bond acceptors (Lipinski definition) is 5. The molecule has 0 spiro atoms. The van der Waals surface area contributed by atoms with Crippen LogP contribution in [0.25, 0.3) is 0 Å². The maximum Gasteiger partial charge on any atom is 0.338 e. The van der Waals surface area contributed by atoms with E-state index in [0.29, 0.717) is 11.5 Å². The van der Waals surface area contributed by atoms with Gasteiger partial charge in [0.15, 0.2) is 18.1 Å². The molecule has 27 heavy (non-hydrogen) atoms. The van der Waals surface area contributed by atoms with E-state index < -0.39 is 18.5 Å². The smallest absolute Gasteiger partial charge is 0.338 e. The lowest BCUT2D eigenvalue weighted by molar-refractivity contribution is -0.124. The van der Waals surface area contributed by atoms with Gasteiger partial charge in [-0.3, -0.25) is 4.79 Å². The van der Waals surface area contributed by atoms with Crippen molar-refractivity contribution in [2.45, 2.75) is 26.5 Å². The number of hydrogen-bond donors (Lipinski definition) is 1. The van der Waals surface area contributed by atoms with Gasteiger partial charge in [-0.05, 0) is 49.7 Å². The number of halogens is 1. The molecule has 1 N–H and O–H groups in total. The van der Waals surface area contributed by atoms with E-state index in [1.807, 2.05) is 13.8 Å². The van der Waals surface area contributed by atoms with Gasteiger partial charge in [0.05, 0.1) is 18.8 Å². The zero-order chi connectivity index (χ0) is 19.8. The van der Waals surface area contributed by atoms with E-state index in [-0.39, 0.29) is 24.0 Å². The average Bonchev–Trinajstić information content (AvgIpc) is 2.65. The second kappa shape index (κ2) is 9.56. The lowest BCUT2D eigenvalue weighted by Crippen LogP contribution is -2.28. The molecular formula is C20H22FNO5. The normalized spacial score (nSPS) is 10.4. The molecule has 0 aliphatic carbocycles. The Morgan fingerprint density at radius 3 is 2.41 bits per heavy atom. The van der Waals surface area contributed by atoms with E-state index in [2.05, 4.69) is 5.32 Å². The molecule has 0 aliphatic rings. The fourth-order valence-electron chi connectivity index (χ4n) is 2.21. The molecule has 0 fully saturated rings. The first-order valence-corrected chi connectivity index (χ1v) is 8.42. The lowest BCUT2D eigenvalue weighted by atomic mass is 10.2. The summed E-state index contributed by atoms with van der Waals surface area (Å²) in [6.45, 7) is 3.55. The summed E-state index contributed by atoms with van der Waals surface area (Å²) in [6, 6.07) is 10.4. The van der Waals surface area contributed by atoms with Crippen LogP contribution in [0.2, 0.25) is 0 Å². The first-order chi connectivity index (χ1) is 12.9. The number of carbonyl (C=O) groups is 2. The third-order valence-electron chi connectivity index (χ3n) is 3.50. The van der Waals surface area contributed by atoms with Gasteiger partial charge in [-0.15, -0.1) is 0 Å². The van der Waals surface area contributed by atoms with Gasteiger partial charge in [0.2, 0.25) is 0 Å². The summed E-state index contributed by atoms with van der Waals surface area (Å²) in [4.78, 5) is 23.9. The van der Waals surface area contributed by atoms with Crippen LogP contribution in [-0.4, -0.2) is 31.7 Å². The summed E-state index contributed by atoms with van der Waals surface area (Å²) in [7, 11) is 1.47. The highest BCUT2D eigenvalue weighted by atomic mass is 19.1. The fourth-order valence-corrected chi connectivity index (χ4v) is 2.21. The predicted octanol–water partition coefficient (Wildman–Crippen LogP) is 3.09. The molecule has 0 heterocycles. The van der Waals surface area contributed by atoms with Crippen LogP contribution in [0.15, 0.2) is 42.5 Å². The van der Waals surface area contributed by atoms with Gasteiger partial charge in [0.1, 0.15) is 5.82 Å². The molecule has 0 bridgehead atoms. The molecule has 7 heteroatoms. The van der Waals surface area contributed by atoms with Crippen molar-refractivity contribution in [3.05, 3.63) is 59.4 Å². The Bertz CT molecular complexity index is 789. The Kier molecular flexibility index (Phi) is 7.16. The van der Waals surface area contributed by atoms with Crippen molar-refractivity contribution >= 4 is 11.9 Å². The largest absolute Gasteiger partial charge is 0.493 e. The Morgan fingerprint density at radius 2 is 1.78 bits per heavy atom. The van der Waals surface area contributed by atoms with Gasteiger partial charge < -0.3 is 19.5 Å². The molecular weight excluding hydrogens is 353 g/mol. The van der Waals surface area contributed by atoms with E-state index in [1.165, 1.54) is 25.3 Å². The molecule has 2 aromatic rings. The summed E-state index contributed by atoms with van der Waals surface area (Å²) in [5, 5.41) is 2.60. The number of amides is 1. The maximum atomic E-state index is 12.8. The van der Waals surface area contributed by atoms with Crippen LogP contribution < -0.4 is 14.8 Å². The second-order valence-corrected chi connectivity index (χ2v) is 6.01. The third kappa shape index (κ3) is 6.29. The Morgan fingerprint density at radius 1 is 1.07 bits per heavy atom. The molecule has 0 atom stereocenters. The summed E-state index contributed by atoms with van der Waals surface area (Å²) in [5.74, 6) is -0.542. The molecule has 144 valence electrons. The summed E-state index contributed by atoms with van der Waals surface area (Å²) in [5.41, 5.74) is 0.982. The topological polar surface area (TPSA) is 73.9 Å². The number of nitrogens with one attached hydrogen (secondary N) is 1. The van der Waals surface area contributed by atoms with Gasteiger partial charge in [0, 0.05) is 6.54 Å². The predicted molar refractivity (Wildman–Crippen MR) is 97.3 cm³/mol. The zero-order valence-electron chi connectivity index (χ0n) is 15.5. The van der Waals surface area contributed by atoms with Crippen LogP contribution in [0.3, 0.4) is 0 Å². The number of methoxy groups -OCH3 is 1. The van der Waals surface area contributed by atoms with E-state index in [0.717, 1.165) is 5.56 Å². The van der Waals surface area contributed by atoms with E-state index in [1.54, 1.807) is 24.3 Å². The average molecular weight is 375 g/mol. The summed E-state index contributed by atoms with van der Waals surface area (Å²) in [6.07, 6.45) is -0.0403. The first-order valence-electron chi connectivity index (χ1n) is 8.42. The SMILES string of the molecule is COc1cc(C(=O)OCC(=O)NCc2ccc(F)cc2)ccc1OC(C)C. The second-order valence-electron chi connectivity index (χ2n) is 6.01. The quantitative estimate of drug-likeness (QED) is 0.718. The summed E-state index contributed by atoms with van der Waals surface area (Å²) >= 11 is 0. The lowest BCUT2D eigenvalue weighted by Gasteiger charge is -2.14. The van der Waals surface area contributed by atoms with Crippen LogP contribution in [0.5, 0.6) is 11.5 Å². The standard InChI is InChI=1S/C20H22FNO5/c1-13(2)27-17-9-6-15(10-18(17)25-3)20(24)26-12-19(23)22-11-14-4-7-16(21)8-5-14/h4-10,13H,11-12H2,1-3H3,(H,22,23). The zero-order valence-corrected chi connectivity index (χ0v) is 15.5. The van der Waals surface area contributed by atoms with Crippen molar-refractivity contribution < 1.29 is 28.2 Å². The van der Waals surface area contributed by atoms with E-state index >= 15 is 0 Å². The highest BCUT2D eigenvalue weighted by molar-refractivity contribution is 5.92. The highest BCUT2D eigenvalue weighted by Gasteiger charge is 2.14. The number of esters is 1. The van der Waals surface area contributed by atoms with Crippen molar-refractivity contribution in [2.24, 2.45) is 0 Å². The van der Waals surface area contributed by atoms with E-state index in [4.69, 9.17) is 14.2 Å². The monoisotopic (exact) mass is 375 g/mol. The van der Waals surface area contributed by atoms with Gasteiger partial charge in [-0.1, -0.05) is 12.1 Å². The molecule has 0 saturated heterocycles. The van der Waals surface area contributed by atoms with Crippen LogP contribution in [0, 0.1) is 5.82 Å². The summed E-state index contributed by atoms with van der Waals surface area (Å²) < 4.78 is 28.7. The molecule has 0 saturated carbocycles. The van der Waals surface area contributed by atoms with Crippen LogP contribution >= 0.6 is 0 Å². The Hall–Kier alpha value is -3.09. The molecule has 0 aromatic heterocycles. The maximum absolute atomic E-state index is 12.8. The molecule has 2 aromatic carbocycles. The molecule has 0 radical (unpaired) electrons. The van der Waals surface area contributed by atoms with Crippen molar-refractivity contribution in [2.75, 3.05) is 13.7 Å². The number of benzene rings is 2. The Balaban J connectivity index is 1.87. The van der Waals surface area contributed by atoms with Crippen molar-refractivity contribution in [3.63, 3.8) is 0 Å². The van der Waals surface area contributed by atoms with Gasteiger partial charge >= 0.3 is 5.97 Å². The molecule has 1 amide bonds. The van der Waals surface area contributed by atoms with Gasteiger partial charge in [-0.25, -0.2) is 9.18 Å². The number of carbonyl (C=O) groups excluding carboxylic acids is 2. The number of rotatable bonds is 8. The molecule has 0 aliphatic heterocycles. The van der Waals surface area contributed by atoms with Crippen LogP contribution in [0.1, 0.15) is 29.8 Å². The first kappa shape index (κ1) is 20.2. The minimum Gasteiger partial charge on any atom is -0.493 e. The molecule has 2 rings (SSSR count). The molecule has 6 nitrogen and oxygen atoms in total. The molecule has 0 unspecified atom stereocenters. The number of ether oxygens (including phenoxy) is 3.